The SMILES string of the molecule is CCOC(=O)C1=C(N)OC2=C(C(=O)CCC2)[C@H]1c1ccc(C)s1. The van der Waals surface area contributed by atoms with Gasteiger partial charge in [-0.15, -0.1) is 11.3 Å². The molecule has 2 aliphatic rings. The van der Waals surface area contributed by atoms with E-state index in [1.807, 2.05) is 19.1 Å². The maximum absolute atomic E-state index is 12.5. The van der Waals surface area contributed by atoms with Crippen molar-refractivity contribution in [3.05, 3.63) is 44.7 Å². The summed E-state index contributed by atoms with van der Waals surface area (Å²) in [6.07, 6.45) is 1.88. The predicted octanol–water partition coefficient (Wildman–Crippen LogP) is 2.91. The Bertz CT molecular complexity index is 729. The highest BCUT2D eigenvalue weighted by Gasteiger charge is 2.41. The van der Waals surface area contributed by atoms with Crippen molar-refractivity contribution in [1.82, 2.24) is 0 Å². The van der Waals surface area contributed by atoms with Crippen LogP contribution in [0.25, 0.3) is 0 Å². The molecule has 0 radical (unpaired) electrons. The largest absolute Gasteiger partial charge is 0.462 e. The molecular formula is C17H19NO4S. The number of allylic oxidation sites excluding steroid dienone is 2. The van der Waals surface area contributed by atoms with Gasteiger partial charge in [0.1, 0.15) is 11.3 Å². The van der Waals surface area contributed by atoms with Gasteiger partial charge in [0.15, 0.2) is 5.78 Å². The minimum Gasteiger partial charge on any atom is -0.462 e. The van der Waals surface area contributed by atoms with Crippen LogP contribution >= 0.6 is 11.3 Å². The van der Waals surface area contributed by atoms with Crippen LogP contribution in [0.4, 0.5) is 0 Å². The van der Waals surface area contributed by atoms with Crippen molar-refractivity contribution in [2.45, 2.75) is 39.0 Å². The Hall–Kier alpha value is -2.08. The molecule has 3 rings (SSSR count). The van der Waals surface area contributed by atoms with E-state index in [1.165, 1.54) is 0 Å². The third-order valence-electron chi connectivity index (χ3n) is 4.03. The average molecular weight is 333 g/mol. The molecule has 2 N–H and O–H groups in total. The maximum Gasteiger partial charge on any atom is 0.340 e. The third-order valence-corrected chi connectivity index (χ3v) is 5.09. The van der Waals surface area contributed by atoms with Gasteiger partial charge in [0.2, 0.25) is 5.88 Å². The van der Waals surface area contributed by atoms with Gasteiger partial charge in [0.25, 0.3) is 0 Å². The number of thiophene rings is 1. The van der Waals surface area contributed by atoms with Gasteiger partial charge >= 0.3 is 5.97 Å². The third kappa shape index (κ3) is 2.79. The Morgan fingerprint density at radius 1 is 1.43 bits per heavy atom. The van der Waals surface area contributed by atoms with Gasteiger partial charge in [0, 0.05) is 28.2 Å². The molecule has 0 amide bonds. The van der Waals surface area contributed by atoms with Crippen molar-refractivity contribution in [2.24, 2.45) is 5.73 Å². The summed E-state index contributed by atoms with van der Waals surface area (Å²) in [6, 6.07) is 3.91. The van der Waals surface area contributed by atoms with Crippen LogP contribution in [-0.4, -0.2) is 18.4 Å². The lowest BCUT2D eigenvalue weighted by Crippen LogP contribution is -2.31. The van der Waals surface area contributed by atoms with E-state index in [1.54, 1.807) is 18.3 Å². The minimum absolute atomic E-state index is 0.0246. The molecule has 5 nitrogen and oxygen atoms in total. The first-order valence-electron chi connectivity index (χ1n) is 7.70. The summed E-state index contributed by atoms with van der Waals surface area (Å²) >= 11 is 1.55. The minimum atomic E-state index is -0.522. The van der Waals surface area contributed by atoms with Gasteiger partial charge in [0.05, 0.1) is 12.5 Å². The fourth-order valence-corrected chi connectivity index (χ4v) is 4.05. The van der Waals surface area contributed by atoms with E-state index in [0.717, 1.165) is 16.2 Å². The lowest BCUT2D eigenvalue weighted by atomic mass is 9.80. The average Bonchev–Trinajstić information content (AvgIpc) is 2.92. The number of hydrogen-bond donors (Lipinski definition) is 1. The Morgan fingerprint density at radius 3 is 2.87 bits per heavy atom. The van der Waals surface area contributed by atoms with Crippen molar-refractivity contribution >= 4 is 23.1 Å². The standard InChI is InChI=1S/C17H19NO4S/c1-3-21-17(20)15-14(12-8-7-9(2)23-12)13-10(19)5-4-6-11(13)22-16(15)18/h7-8,14H,3-6,18H2,1-2H3/t14-/m1/s1. The molecule has 0 spiro atoms. The van der Waals surface area contributed by atoms with E-state index < -0.39 is 11.9 Å². The van der Waals surface area contributed by atoms with Crippen molar-refractivity contribution in [1.29, 1.82) is 0 Å². The number of esters is 1. The first kappa shape index (κ1) is 15.8. The molecule has 1 atom stereocenters. The first-order valence-corrected chi connectivity index (χ1v) is 8.51. The highest BCUT2D eigenvalue weighted by molar-refractivity contribution is 7.12. The predicted molar refractivity (Wildman–Crippen MR) is 86.6 cm³/mol. The number of ether oxygens (including phenoxy) is 2. The molecule has 0 saturated carbocycles. The fourth-order valence-electron chi connectivity index (χ4n) is 3.06. The molecule has 1 aliphatic heterocycles. The van der Waals surface area contributed by atoms with Crippen molar-refractivity contribution in [3.63, 3.8) is 0 Å². The monoisotopic (exact) mass is 333 g/mol. The van der Waals surface area contributed by atoms with Crippen LogP contribution in [0.5, 0.6) is 0 Å². The Labute approximate surface area is 138 Å². The van der Waals surface area contributed by atoms with Crippen LogP contribution in [0.3, 0.4) is 0 Å². The smallest absolute Gasteiger partial charge is 0.340 e. The molecular weight excluding hydrogens is 314 g/mol. The summed E-state index contributed by atoms with van der Waals surface area (Å²) in [5, 5.41) is 0. The van der Waals surface area contributed by atoms with E-state index in [-0.39, 0.29) is 23.8 Å². The molecule has 2 heterocycles. The zero-order valence-electron chi connectivity index (χ0n) is 13.2. The van der Waals surface area contributed by atoms with E-state index >= 15 is 0 Å². The highest BCUT2D eigenvalue weighted by atomic mass is 32.1. The summed E-state index contributed by atoms with van der Waals surface area (Å²) < 4.78 is 10.8. The van der Waals surface area contributed by atoms with Crippen molar-refractivity contribution in [2.75, 3.05) is 6.61 Å². The molecule has 0 saturated heterocycles. The van der Waals surface area contributed by atoms with Crippen LogP contribution in [0, 0.1) is 6.92 Å². The Morgan fingerprint density at radius 2 is 2.22 bits per heavy atom. The van der Waals surface area contributed by atoms with Gasteiger partial charge in [-0.3, -0.25) is 4.79 Å². The molecule has 122 valence electrons. The number of carbonyl (C=O) groups excluding carboxylic acids is 2. The molecule has 1 aromatic heterocycles. The van der Waals surface area contributed by atoms with Gasteiger partial charge in [-0.2, -0.15) is 0 Å². The second kappa shape index (κ2) is 6.20. The van der Waals surface area contributed by atoms with E-state index in [0.29, 0.717) is 24.2 Å². The number of carbonyl (C=O) groups is 2. The second-order valence-electron chi connectivity index (χ2n) is 5.60. The molecule has 0 aromatic carbocycles. The highest BCUT2D eigenvalue weighted by Crippen LogP contribution is 2.45. The molecule has 0 bridgehead atoms. The molecule has 23 heavy (non-hydrogen) atoms. The van der Waals surface area contributed by atoms with E-state index in [4.69, 9.17) is 15.2 Å². The fraction of sp³-hybridized carbons (Fsp3) is 0.412. The Kier molecular flexibility index (Phi) is 4.26. The Balaban J connectivity index is 2.14. The molecule has 1 aliphatic carbocycles. The van der Waals surface area contributed by atoms with Crippen molar-refractivity contribution in [3.8, 4) is 0 Å². The van der Waals surface area contributed by atoms with Gasteiger partial charge in [-0.05, 0) is 32.4 Å². The zero-order valence-corrected chi connectivity index (χ0v) is 14.0. The molecule has 6 heteroatoms. The van der Waals surface area contributed by atoms with Crippen LogP contribution in [0.1, 0.15) is 41.9 Å². The van der Waals surface area contributed by atoms with Crippen LogP contribution in [-0.2, 0) is 19.1 Å². The zero-order chi connectivity index (χ0) is 16.6. The topological polar surface area (TPSA) is 78.6 Å². The number of Topliss-reactive ketones (excluding diaryl/α,β-unsaturated/α-hetero) is 1. The first-order chi connectivity index (χ1) is 11.0. The second-order valence-corrected chi connectivity index (χ2v) is 6.91. The van der Waals surface area contributed by atoms with Gasteiger partial charge in [-0.1, -0.05) is 0 Å². The summed E-state index contributed by atoms with van der Waals surface area (Å²) in [5.74, 6) is -0.331. The normalized spacial score (nSPS) is 21.1. The van der Waals surface area contributed by atoms with Crippen molar-refractivity contribution < 1.29 is 19.1 Å². The molecule has 0 fully saturated rings. The summed E-state index contributed by atoms with van der Waals surface area (Å²) in [5.41, 5.74) is 6.82. The van der Waals surface area contributed by atoms with Gasteiger partial charge < -0.3 is 15.2 Å². The maximum atomic E-state index is 12.5. The molecule has 0 unspecified atom stereocenters. The van der Waals surface area contributed by atoms with Crippen LogP contribution in [0.2, 0.25) is 0 Å². The summed E-state index contributed by atoms with van der Waals surface area (Å²) in [4.78, 5) is 26.9. The lowest BCUT2D eigenvalue weighted by molar-refractivity contribution is -0.139. The van der Waals surface area contributed by atoms with Crippen LogP contribution in [0.15, 0.2) is 34.9 Å². The lowest BCUT2D eigenvalue weighted by Gasteiger charge is -2.31. The number of nitrogens with two attached hydrogens (primary N) is 1. The summed E-state index contributed by atoms with van der Waals surface area (Å²) in [7, 11) is 0. The van der Waals surface area contributed by atoms with Gasteiger partial charge in [-0.25, -0.2) is 4.79 Å². The number of ketones is 1. The van der Waals surface area contributed by atoms with Crippen LogP contribution < -0.4 is 5.73 Å². The van der Waals surface area contributed by atoms with E-state index in [2.05, 4.69) is 0 Å². The summed E-state index contributed by atoms with van der Waals surface area (Å²) in [6.45, 7) is 3.97. The number of rotatable bonds is 3. The number of hydrogen-bond acceptors (Lipinski definition) is 6. The number of aryl methyl sites for hydroxylation is 1. The quantitative estimate of drug-likeness (QED) is 0.861. The van der Waals surface area contributed by atoms with E-state index in [9.17, 15) is 9.59 Å². The molecule has 1 aromatic rings.